The summed E-state index contributed by atoms with van der Waals surface area (Å²) in [6.07, 6.45) is 14.5. The number of hydrogen-bond donors (Lipinski definition) is 0. The molecular formula is C32H33NO2. The molecule has 0 unspecified atom stereocenters. The molecule has 0 aromatic heterocycles. The van der Waals surface area contributed by atoms with Crippen molar-refractivity contribution in [1.82, 2.24) is 0 Å². The van der Waals surface area contributed by atoms with E-state index in [-0.39, 0.29) is 0 Å². The third-order valence-electron chi connectivity index (χ3n) is 6.20. The van der Waals surface area contributed by atoms with Crippen molar-refractivity contribution in [3.05, 3.63) is 113 Å². The highest BCUT2D eigenvalue weighted by atomic mass is 16.6. The van der Waals surface area contributed by atoms with E-state index in [1.54, 1.807) is 6.08 Å². The quantitative estimate of drug-likeness (QED) is 0.163. The van der Waals surface area contributed by atoms with Crippen LogP contribution in [-0.2, 0) is 16.0 Å². The Labute approximate surface area is 208 Å². The van der Waals surface area contributed by atoms with Crippen LogP contribution >= 0.6 is 0 Å². The Kier molecular flexibility index (Phi) is 8.83. The lowest BCUT2D eigenvalue weighted by molar-refractivity contribution is -0.130. The van der Waals surface area contributed by atoms with E-state index in [1.807, 2.05) is 66.7 Å². The van der Waals surface area contributed by atoms with Crippen LogP contribution in [0.5, 0.6) is 0 Å². The molecule has 0 saturated heterocycles. The molecule has 1 heterocycles. The Morgan fingerprint density at radius 2 is 1.37 bits per heavy atom. The van der Waals surface area contributed by atoms with Crippen LogP contribution in [0.4, 0.5) is 0 Å². The number of aliphatic imine (C=N–C) groups is 1. The maximum Gasteiger partial charge on any atom is 0.363 e. The van der Waals surface area contributed by atoms with E-state index in [9.17, 15) is 4.79 Å². The second-order valence-electron chi connectivity index (χ2n) is 8.92. The maximum atomic E-state index is 12.2. The Hall–Kier alpha value is -3.72. The van der Waals surface area contributed by atoms with E-state index in [4.69, 9.17) is 4.74 Å². The topological polar surface area (TPSA) is 38.7 Å². The summed E-state index contributed by atoms with van der Waals surface area (Å²) in [5.74, 6) is -0.0852. The first-order valence-corrected chi connectivity index (χ1v) is 12.7. The van der Waals surface area contributed by atoms with Crippen molar-refractivity contribution < 1.29 is 9.53 Å². The van der Waals surface area contributed by atoms with E-state index in [2.05, 4.69) is 36.2 Å². The molecule has 0 spiro atoms. The molecular weight excluding hydrogens is 430 g/mol. The van der Waals surface area contributed by atoms with Crippen molar-refractivity contribution in [2.24, 2.45) is 4.99 Å². The highest BCUT2D eigenvalue weighted by Gasteiger charge is 2.23. The summed E-state index contributed by atoms with van der Waals surface area (Å²) in [5.41, 5.74) is 5.86. The highest BCUT2D eigenvalue weighted by molar-refractivity contribution is 6.11. The molecule has 0 aliphatic carbocycles. The molecule has 178 valence electrons. The van der Waals surface area contributed by atoms with E-state index in [1.165, 1.54) is 49.7 Å². The average molecular weight is 464 g/mol. The van der Waals surface area contributed by atoms with Crippen molar-refractivity contribution in [1.29, 1.82) is 0 Å². The lowest BCUT2D eigenvalue weighted by atomic mass is 10.00. The predicted molar refractivity (Wildman–Crippen MR) is 145 cm³/mol. The molecule has 0 atom stereocenters. The van der Waals surface area contributed by atoms with Crippen molar-refractivity contribution in [3.8, 4) is 11.1 Å². The van der Waals surface area contributed by atoms with Gasteiger partial charge in [-0.25, -0.2) is 9.79 Å². The molecule has 4 rings (SSSR count). The minimum atomic E-state index is -0.428. The third kappa shape index (κ3) is 7.13. The van der Waals surface area contributed by atoms with E-state index >= 15 is 0 Å². The number of nitrogens with zero attached hydrogens (tertiary/aromatic N) is 1. The first kappa shape index (κ1) is 24.4. The van der Waals surface area contributed by atoms with Crippen LogP contribution in [0.3, 0.4) is 0 Å². The second-order valence-corrected chi connectivity index (χ2v) is 8.92. The van der Waals surface area contributed by atoms with Crippen LogP contribution in [0.25, 0.3) is 17.2 Å². The number of benzene rings is 3. The van der Waals surface area contributed by atoms with Crippen LogP contribution in [-0.4, -0.2) is 11.9 Å². The van der Waals surface area contributed by atoms with Crippen LogP contribution in [0.2, 0.25) is 0 Å². The molecule has 0 fully saturated rings. The number of esters is 1. The Morgan fingerprint density at radius 3 is 2.09 bits per heavy atom. The summed E-state index contributed by atoms with van der Waals surface area (Å²) in [4.78, 5) is 16.6. The Bertz CT molecular complexity index is 1190. The highest BCUT2D eigenvalue weighted by Crippen LogP contribution is 2.23. The van der Waals surface area contributed by atoms with Gasteiger partial charge in [-0.15, -0.1) is 0 Å². The molecule has 1 aliphatic rings. The Morgan fingerprint density at radius 1 is 0.743 bits per heavy atom. The lowest BCUT2D eigenvalue weighted by Crippen LogP contribution is -2.05. The van der Waals surface area contributed by atoms with Crippen LogP contribution in [0.1, 0.15) is 62.1 Å². The predicted octanol–water partition coefficient (Wildman–Crippen LogP) is 8.16. The molecule has 0 N–H and O–H groups in total. The van der Waals surface area contributed by atoms with Crippen molar-refractivity contribution in [3.63, 3.8) is 0 Å². The van der Waals surface area contributed by atoms with Gasteiger partial charge in [0.1, 0.15) is 0 Å². The molecule has 3 nitrogen and oxygen atoms in total. The standard InChI is InChI=1S/C32H33NO2/c1-2-3-4-5-6-8-14-26-17-19-27(20-18-26)28-21-23-29(24-22-28)31-33-30(32(34)35-31)16-11-15-25-12-9-7-10-13-25/h7,9-13,15-24H,2-6,8,14H2,1H3/b15-11+,30-16-. The summed E-state index contributed by atoms with van der Waals surface area (Å²) >= 11 is 0. The molecule has 0 radical (unpaired) electrons. The van der Waals surface area contributed by atoms with Crippen LogP contribution in [0, 0.1) is 0 Å². The molecule has 3 heteroatoms. The van der Waals surface area contributed by atoms with Gasteiger partial charge in [-0.05, 0) is 53.3 Å². The number of hydrogen-bond acceptors (Lipinski definition) is 3. The number of aryl methyl sites for hydroxylation is 1. The van der Waals surface area contributed by atoms with Gasteiger partial charge in [0.15, 0.2) is 5.70 Å². The van der Waals surface area contributed by atoms with Gasteiger partial charge >= 0.3 is 5.97 Å². The molecule has 3 aromatic carbocycles. The minimum Gasteiger partial charge on any atom is -0.402 e. The fraction of sp³-hybridized carbons (Fsp3) is 0.250. The zero-order chi connectivity index (χ0) is 24.3. The summed E-state index contributed by atoms with van der Waals surface area (Å²) in [7, 11) is 0. The fourth-order valence-corrected chi connectivity index (χ4v) is 4.14. The number of ether oxygens (including phenoxy) is 1. The molecule has 35 heavy (non-hydrogen) atoms. The minimum absolute atomic E-state index is 0.303. The SMILES string of the molecule is CCCCCCCCc1ccc(-c2ccc(C3=N/C(=C\C=C\c4ccccc4)C(=O)O3)cc2)cc1. The number of carbonyl (C=O) groups is 1. The fourth-order valence-electron chi connectivity index (χ4n) is 4.14. The molecule has 0 saturated carbocycles. The molecule has 0 bridgehead atoms. The van der Waals surface area contributed by atoms with Gasteiger partial charge in [-0.1, -0.05) is 118 Å². The average Bonchev–Trinajstić information content (AvgIpc) is 3.27. The van der Waals surface area contributed by atoms with E-state index < -0.39 is 5.97 Å². The number of unbranched alkanes of at least 4 members (excludes halogenated alkanes) is 5. The zero-order valence-electron chi connectivity index (χ0n) is 20.5. The summed E-state index contributed by atoms with van der Waals surface area (Å²) in [6.45, 7) is 2.26. The second kappa shape index (κ2) is 12.7. The summed E-state index contributed by atoms with van der Waals surface area (Å²) in [5, 5.41) is 0. The van der Waals surface area contributed by atoms with Gasteiger partial charge in [0, 0.05) is 5.56 Å². The Balaban J connectivity index is 1.34. The lowest BCUT2D eigenvalue weighted by Gasteiger charge is -2.06. The third-order valence-corrected chi connectivity index (χ3v) is 6.20. The van der Waals surface area contributed by atoms with E-state index in [0.717, 1.165) is 23.1 Å². The molecule has 0 amide bonds. The van der Waals surface area contributed by atoms with Gasteiger partial charge in [-0.3, -0.25) is 0 Å². The molecule has 3 aromatic rings. The smallest absolute Gasteiger partial charge is 0.363 e. The van der Waals surface area contributed by atoms with Crippen LogP contribution in [0.15, 0.2) is 102 Å². The summed E-state index contributed by atoms with van der Waals surface area (Å²) in [6, 6.07) is 26.8. The van der Waals surface area contributed by atoms with Gasteiger partial charge in [0.25, 0.3) is 0 Å². The van der Waals surface area contributed by atoms with Crippen LogP contribution < -0.4 is 0 Å². The number of rotatable bonds is 11. The van der Waals surface area contributed by atoms with Gasteiger partial charge in [-0.2, -0.15) is 0 Å². The van der Waals surface area contributed by atoms with Crippen molar-refractivity contribution >= 4 is 17.9 Å². The largest absolute Gasteiger partial charge is 0.402 e. The van der Waals surface area contributed by atoms with Gasteiger partial charge in [0.2, 0.25) is 5.90 Å². The first-order chi connectivity index (χ1) is 17.2. The van der Waals surface area contributed by atoms with Crippen molar-refractivity contribution in [2.75, 3.05) is 0 Å². The monoisotopic (exact) mass is 463 g/mol. The normalized spacial score (nSPS) is 14.5. The zero-order valence-corrected chi connectivity index (χ0v) is 20.5. The number of carbonyl (C=O) groups excluding carboxylic acids is 1. The number of allylic oxidation sites excluding steroid dienone is 2. The molecule has 1 aliphatic heterocycles. The van der Waals surface area contributed by atoms with Crippen molar-refractivity contribution in [2.45, 2.75) is 51.9 Å². The maximum absolute atomic E-state index is 12.2. The van der Waals surface area contributed by atoms with Gasteiger partial charge in [0.05, 0.1) is 0 Å². The van der Waals surface area contributed by atoms with E-state index in [0.29, 0.717) is 11.6 Å². The summed E-state index contributed by atoms with van der Waals surface area (Å²) < 4.78 is 5.40. The first-order valence-electron chi connectivity index (χ1n) is 12.7. The van der Waals surface area contributed by atoms with Gasteiger partial charge < -0.3 is 4.74 Å². The number of cyclic esters (lactones) is 1.